The highest BCUT2D eigenvalue weighted by atomic mass is 31.2. The largest absolute Gasteiger partial charge is 0.462 e. The number of nitrogens with zero attached hydrogens (tertiary/aromatic N) is 1. The minimum atomic E-state index is -4.26. The quantitative estimate of drug-likeness (QED) is 0.252. The lowest BCUT2D eigenvalue weighted by molar-refractivity contribution is -0.149. The zero-order valence-electron chi connectivity index (χ0n) is 20.2. The fraction of sp³-hybridized carbons (Fsp3) is 0.500. The van der Waals surface area contributed by atoms with Gasteiger partial charge in [0, 0.05) is 12.3 Å². The highest BCUT2D eigenvalue weighted by Gasteiger charge is 2.54. The number of carbonyl (C=O) groups is 1. The van der Waals surface area contributed by atoms with E-state index in [9.17, 15) is 29.2 Å². The van der Waals surface area contributed by atoms with Gasteiger partial charge in [0.05, 0.1) is 12.7 Å². The molecule has 3 rings (SSSR count). The number of aliphatic hydroxyl groups excluding tert-OH is 1. The van der Waals surface area contributed by atoms with Crippen molar-refractivity contribution in [2.24, 2.45) is 0 Å². The molecule has 13 nitrogen and oxygen atoms in total. The van der Waals surface area contributed by atoms with Crippen molar-refractivity contribution in [1.82, 2.24) is 14.6 Å². The first-order valence-corrected chi connectivity index (χ1v) is 12.7. The van der Waals surface area contributed by atoms with Crippen LogP contribution in [-0.4, -0.2) is 62.3 Å². The van der Waals surface area contributed by atoms with Crippen LogP contribution in [0, 0.1) is 0 Å². The predicted octanol–water partition coefficient (Wildman–Crippen LogP) is 0.679. The smallest absolute Gasteiger partial charge is 0.459 e. The molecule has 0 bridgehead atoms. The Bertz CT molecular complexity index is 1210. The van der Waals surface area contributed by atoms with Crippen LogP contribution in [0.3, 0.4) is 0 Å². The molecule has 1 aliphatic heterocycles. The second kappa shape index (κ2) is 11.1. The number of hydrogen-bond acceptors (Lipinski definition) is 10. The molecule has 0 radical (unpaired) electrons. The maximum absolute atomic E-state index is 13.6. The summed E-state index contributed by atoms with van der Waals surface area (Å²) in [6.07, 6.45) is -3.54. The van der Waals surface area contributed by atoms with Crippen LogP contribution >= 0.6 is 7.75 Å². The molecule has 0 spiro atoms. The van der Waals surface area contributed by atoms with Crippen molar-refractivity contribution in [1.29, 1.82) is 0 Å². The van der Waals surface area contributed by atoms with Crippen LogP contribution in [0.2, 0.25) is 0 Å². The van der Waals surface area contributed by atoms with Gasteiger partial charge in [-0.3, -0.25) is 23.7 Å². The fourth-order valence-corrected chi connectivity index (χ4v) is 5.00. The van der Waals surface area contributed by atoms with Gasteiger partial charge in [0.1, 0.15) is 29.6 Å². The molecule has 1 fully saturated rings. The van der Waals surface area contributed by atoms with Crippen molar-refractivity contribution in [3.63, 3.8) is 0 Å². The summed E-state index contributed by atoms with van der Waals surface area (Å²) >= 11 is 0. The average molecular weight is 527 g/mol. The van der Waals surface area contributed by atoms with E-state index in [1.807, 2.05) is 4.98 Å². The molecule has 0 saturated carbocycles. The summed E-state index contributed by atoms with van der Waals surface area (Å²) in [5.74, 6) is -0.515. The third kappa shape index (κ3) is 6.49. The van der Waals surface area contributed by atoms with Gasteiger partial charge in [-0.1, -0.05) is 18.2 Å². The van der Waals surface area contributed by atoms with Gasteiger partial charge in [0.25, 0.3) is 5.56 Å². The van der Waals surface area contributed by atoms with Crippen LogP contribution in [0.5, 0.6) is 5.75 Å². The Kier molecular flexibility index (Phi) is 8.55. The van der Waals surface area contributed by atoms with Gasteiger partial charge in [-0.2, -0.15) is 5.09 Å². The normalized spacial score (nSPS) is 26.4. The number of hydrogen-bond donors (Lipinski definition) is 4. The predicted molar refractivity (Wildman–Crippen MR) is 126 cm³/mol. The number of H-pyrrole nitrogens is 1. The minimum Gasteiger partial charge on any atom is -0.462 e. The molecular weight excluding hydrogens is 497 g/mol. The van der Waals surface area contributed by atoms with Crippen LogP contribution in [0.4, 0.5) is 0 Å². The molecule has 6 atom stereocenters. The summed E-state index contributed by atoms with van der Waals surface area (Å²) in [5.41, 5.74) is -3.49. The molecule has 4 N–H and O–H groups in total. The summed E-state index contributed by atoms with van der Waals surface area (Å²) < 4.78 is 36.3. The Hall–Kier alpha value is -2.80. The van der Waals surface area contributed by atoms with Crippen LogP contribution in [0.15, 0.2) is 52.2 Å². The summed E-state index contributed by atoms with van der Waals surface area (Å²) in [6.45, 7) is 5.42. The first-order valence-electron chi connectivity index (χ1n) is 11.2. The number of nitrogens with one attached hydrogen (secondary N) is 2. The summed E-state index contributed by atoms with van der Waals surface area (Å²) in [7, 11) is -4.26. The number of para-hydroxylation sites is 1. The van der Waals surface area contributed by atoms with Crippen molar-refractivity contribution >= 4 is 13.7 Å². The van der Waals surface area contributed by atoms with E-state index in [1.165, 1.54) is 26.0 Å². The van der Waals surface area contributed by atoms with Crippen LogP contribution in [0.25, 0.3) is 0 Å². The summed E-state index contributed by atoms with van der Waals surface area (Å²) in [6, 6.07) is 8.02. The first kappa shape index (κ1) is 27.8. The second-order valence-corrected chi connectivity index (χ2v) is 10.4. The van der Waals surface area contributed by atoms with Gasteiger partial charge < -0.3 is 24.2 Å². The van der Waals surface area contributed by atoms with Crippen molar-refractivity contribution < 1.29 is 38.1 Å². The molecule has 1 aromatic heterocycles. The number of ether oxygens (including phenoxy) is 2. The summed E-state index contributed by atoms with van der Waals surface area (Å²) in [4.78, 5) is 37.9. The van der Waals surface area contributed by atoms with Crippen LogP contribution < -0.4 is 20.9 Å². The number of esters is 1. The molecule has 0 amide bonds. The SMILES string of the molecule is CC(C)OC(=O)[C@H](C)N[P@@](=O)(OC[C@H]1O[C@@H](n2ccc(=O)[nH]c2=O)[C@](C)(O)[C@@H]1O)Oc1ccccc1. The lowest BCUT2D eigenvalue weighted by atomic mass is 9.96. The molecule has 198 valence electrons. The molecule has 0 unspecified atom stereocenters. The van der Waals surface area contributed by atoms with E-state index in [2.05, 4.69) is 5.09 Å². The Morgan fingerprint density at radius 1 is 1.25 bits per heavy atom. The van der Waals surface area contributed by atoms with E-state index >= 15 is 0 Å². The fourth-order valence-electron chi connectivity index (χ4n) is 3.50. The van der Waals surface area contributed by atoms with Crippen LogP contribution in [-0.2, 0) is 23.4 Å². The van der Waals surface area contributed by atoms with Crippen molar-refractivity contribution in [3.8, 4) is 5.75 Å². The van der Waals surface area contributed by atoms with E-state index in [4.69, 9.17) is 18.5 Å². The first-order chi connectivity index (χ1) is 16.8. The van der Waals surface area contributed by atoms with Gasteiger partial charge in [-0.15, -0.1) is 0 Å². The van der Waals surface area contributed by atoms with Gasteiger partial charge in [-0.25, -0.2) is 9.36 Å². The molecule has 2 aromatic rings. The number of aromatic amines is 1. The zero-order valence-corrected chi connectivity index (χ0v) is 21.1. The third-order valence-corrected chi connectivity index (χ3v) is 6.94. The van der Waals surface area contributed by atoms with Gasteiger partial charge in [0.2, 0.25) is 0 Å². The Labute approximate surface area is 206 Å². The van der Waals surface area contributed by atoms with Gasteiger partial charge in [-0.05, 0) is 39.8 Å². The second-order valence-electron chi connectivity index (χ2n) is 8.75. The Morgan fingerprint density at radius 3 is 2.53 bits per heavy atom. The maximum Gasteiger partial charge on any atom is 0.459 e. The van der Waals surface area contributed by atoms with Crippen molar-refractivity contribution in [3.05, 3.63) is 63.4 Å². The molecule has 1 aliphatic rings. The highest BCUT2D eigenvalue weighted by Crippen LogP contribution is 2.46. The number of carbonyl (C=O) groups excluding carboxylic acids is 1. The molecular formula is C22H30N3O10P. The highest BCUT2D eigenvalue weighted by molar-refractivity contribution is 7.52. The van der Waals surface area contributed by atoms with E-state index in [-0.39, 0.29) is 5.75 Å². The summed E-state index contributed by atoms with van der Waals surface area (Å²) in [5, 5.41) is 24.0. The molecule has 2 heterocycles. The Morgan fingerprint density at radius 2 is 1.92 bits per heavy atom. The number of benzene rings is 1. The van der Waals surface area contributed by atoms with Crippen LogP contribution in [0.1, 0.15) is 33.9 Å². The monoisotopic (exact) mass is 527 g/mol. The van der Waals surface area contributed by atoms with Crippen molar-refractivity contribution in [2.45, 2.75) is 63.9 Å². The lowest BCUT2D eigenvalue weighted by Gasteiger charge is -2.27. The van der Waals surface area contributed by atoms with Gasteiger partial charge in [0.15, 0.2) is 6.23 Å². The zero-order chi connectivity index (χ0) is 26.7. The number of aromatic nitrogens is 2. The number of rotatable bonds is 10. The third-order valence-electron chi connectivity index (χ3n) is 5.29. The van der Waals surface area contributed by atoms with E-state index < -0.39 is 67.8 Å². The lowest BCUT2D eigenvalue weighted by Crippen LogP contribution is -2.47. The van der Waals surface area contributed by atoms with E-state index in [0.29, 0.717) is 0 Å². The Balaban J connectivity index is 1.80. The number of aliphatic hydroxyl groups is 2. The maximum atomic E-state index is 13.6. The molecule has 1 aromatic carbocycles. The minimum absolute atomic E-state index is 0.176. The standard InChI is InChI=1S/C22H30N3O10P/c1-13(2)33-19(28)14(3)24-36(31,35-15-8-6-5-7-9-15)32-12-16-18(27)22(4,30)20(34-16)25-11-10-17(26)23-21(25)29/h5-11,13-14,16,18,20,27,30H,12H2,1-4H3,(H,24,31)(H,23,26,29)/t14-,16+,18+,20+,22+,36+/m0/s1. The van der Waals surface area contributed by atoms with Gasteiger partial charge >= 0.3 is 19.4 Å². The topological polar surface area (TPSA) is 178 Å². The molecule has 36 heavy (non-hydrogen) atoms. The molecule has 1 saturated heterocycles. The molecule has 0 aliphatic carbocycles. The van der Waals surface area contributed by atoms with E-state index in [0.717, 1.165) is 16.8 Å². The molecule has 14 heteroatoms. The van der Waals surface area contributed by atoms with Crippen molar-refractivity contribution in [2.75, 3.05) is 6.61 Å². The van der Waals surface area contributed by atoms with E-state index in [1.54, 1.807) is 32.0 Å². The average Bonchev–Trinajstić information content (AvgIpc) is 3.01.